The molecule has 0 amide bonds. The predicted molar refractivity (Wildman–Crippen MR) is 112 cm³/mol. The molecule has 0 radical (unpaired) electrons. The second-order valence-corrected chi connectivity index (χ2v) is 6.83. The molecule has 29 heavy (non-hydrogen) atoms. The second kappa shape index (κ2) is 6.72. The number of fused-ring (bicyclic) bond motifs is 2. The Morgan fingerprint density at radius 1 is 1.00 bits per heavy atom. The molecule has 5 rings (SSSR count). The molecule has 5 aromatic rings. The van der Waals surface area contributed by atoms with Crippen LogP contribution in [0.5, 0.6) is 5.75 Å². The molecule has 0 fully saturated rings. The van der Waals surface area contributed by atoms with Crippen LogP contribution in [0.2, 0.25) is 5.15 Å². The molecule has 0 unspecified atom stereocenters. The van der Waals surface area contributed by atoms with Crippen molar-refractivity contribution in [2.75, 3.05) is 7.11 Å². The van der Waals surface area contributed by atoms with Gasteiger partial charge in [0.15, 0.2) is 0 Å². The number of aromatic nitrogens is 5. The molecule has 8 heteroatoms. The number of hydrogen-bond acceptors (Lipinski definition) is 5. The Balaban J connectivity index is 1.77. The zero-order valence-corrected chi connectivity index (χ0v) is 16.0. The highest BCUT2D eigenvalue weighted by Gasteiger charge is 2.15. The van der Waals surface area contributed by atoms with Crippen LogP contribution in [0.25, 0.3) is 44.6 Å². The zero-order chi connectivity index (χ0) is 20.0. The third-order valence-corrected chi connectivity index (χ3v) is 4.93. The second-order valence-electron chi connectivity index (χ2n) is 6.44. The number of ether oxygens (including phenoxy) is 1. The highest BCUT2D eigenvalue weighted by molar-refractivity contribution is 6.29. The fraction of sp³-hybridized carbons (Fsp3) is 0.0476. The van der Waals surface area contributed by atoms with Gasteiger partial charge in [-0.1, -0.05) is 23.7 Å². The largest absolute Gasteiger partial charge is 0.496 e. The summed E-state index contributed by atoms with van der Waals surface area (Å²) in [5.41, 5.74) is 3.69. The van der Waals surface area contributed by atoms with Crippen LogP contribution in [0.3, 0.4) is 0 Å². The Morgan fingerprint density at radius 3 is 2.72 bits per heavy atom. The molecule has 7 nitrogen and oxygen atoms in total. The van der Waals surface area contributed by atoms with E-state index >= 15 is 0 Å². The third-order valence-electron chi connectivity index (χ3n) is 4.72. The molecule has 1 aromatic carbocycles. The number of nitrogens with one attached hydrogen (secondary N) is 2. The number of para-hydroxylation sites is 1. The molecule has 0 aliphatic rings. The Bertz CT molecular complexity index is 1440. The minimum absolute atomic E-state index is 0.257. The normalized spacial score (nSPS) is 11.2. The van der Waals surface area contributed by atoms with Crippen molar-refractivity contribution < 1.29 is 4.74 Å². The summed E-state index contributed by atoms with van der Waals surface area (Å²) in [6, 6.07) is 12.8. The number of H-pyrrole nitrogens is 2. The summed E-state index contributed by atoms with van der Waals surface area (Å²) in [6.45, 7) is 0. The fourth-order valence-electron chi connectivity index (χ4n) is 3.37. The number of rotatable bonds is 3. The van der Waals surface area contributed by atoms with E-state index in [4.69, 9.17) is 16.3 Å². The Hall–Kier alpha value is -3.71. The van der Waals surface area contributed by atoms with E-state index in [2.05, 4.69) is 24.9 Å². The average Bonchev–Trinajstić information content (AvgIpc) is 3.15. The number of aromatic amines is 2. The summed E-state index contributed by atoms with van der Waals surface area (Å²) < 4.78 is 5.49. The quantitative estimate of drug-likeness (QED) is 0.440. The van der Waals surface area contributed by atoms with Gasteiger partial charge in [0, 0.05) is 23.2 Å². The summed E-state index contributed by atoms with van der Waals surface area (Å²) in [5, 5.41) is 1.12. The molecule has 0 bridgehead atoms. The lowest BCUT2D eigenvalue weighted by Gasteiger charge is -2.10. The van der Waals surface area contributed by atoms with Gasteiger partial charge in [0.05, 0.1) is 41.1 Å². The third kappa shape index (κ3) is 2.92. The predicted octanol–water partition coefficient (Wildman–Crippen LogP) is 4.19. The van der Waals surface area contributed by atoms with Gasteiger partial charge >= 0.3 is 0 Å². The Labute approximate surface area is 169 Å². The van der Waals surface area contributed by atoms with Gasteiger partial charge in [-0.15, -0.1) is 0 Å². The van der Waals surface area contributed by atoms with Crippen LogP contribution in [0.15, 0.2) is 59.7 Å². The van der Waals surface area contributed by atoms with Gasteiger partial charge in [-0.3, -0.25) is 9.78 Å². The van der Waals surface area contributed by atoms with Gasteiger partial charge in [-0.25, -0.2) is 9.97 Å². The highest BCUT2D eigenvalue weighted by atomic mass is 35.5. The first-order chi connectivity index (χ1) is 14.1. The summed E-state index contributed by atoms with van der Waals surface area (Å²) >= 11 is 5.95. The van der Waals surface area contributed by atoms with Crippen molar-refractivity contribution in [3.05, 3.63) is 70.4 Å². The summed E-state index contributed by atoms with van der Waals surface area (Å²) in [4.78, 5) is 31.9. The van der Waals surface area contributed by atoms with Gasteiger partial charge in [-0.05, 0) is 24.3 Å². The van der Waals surface area contributed by atoms with Crippen LogP contribution in [-0.2, 0) is 0 Å². The van der Waals surface area contributed by atoms with Crippen LogP contribution in [0.4, 0.5) is 0 Å². The van der Waals surface area contributed by atoms with Crippen molar-refractivity contribution in [1.82, 2.24) is 24.9 Å². The molecule has 142 valence electrons. The van der Waals surface area contributed by atoms with E-state index in [-0.39, 0.29) is 5.56 Å². The SMILES string of the molecule is COc1ccccc1-c1nccc2[nH]c(=O)c(-c3nc4cc(Cl)ncc4[nH]3)cc12. The average molecular weight is 404 g/mol. The van der Waals surface area contributed by atoms with Crippen molar-refractivity contribution in [2.45, 2.75) is 0 Å². The highest BCUT2D eigenvalue weighted by Crippen LogP contribution is 2.33. The van der Waals surface area contributed by atoms with E-state index in [1.165, 1.54) is 0 Å². The first kappa shape index (κ1) is 17.4. The molecule has 2 N–H and O–H groups in total. The summed E-state index contributed by atoms with van der Waals surface area (Å²) in [6.07, 6.45) is 3.25. The summed E-state index contributed by atoms with van der Waals surface area (Å²) in [7, 11) is 1.62. The van der Waals surface area contributed by atoms with Crippen LogP contribution in [0.1, 0.15) is 0 Å². The van der Waals surface area contributed by atoms with Gasteiger partial charge in [-0.2, -0.15) is 0 Å². The number of halogens is 1. The minimum Gasteiger partial charge on any atom is -0.496 e. The van der Waals surface area contributed by atoms with Gasteiger partial charge < -0.3 is 14.7 Å². The number of methoxy groups -OCH3 is 1. The van der Waals surface area contributed by atoms with Crippen LogP contribution in [0, 0.1) is 0 Å². The number of nitrogens with zero attached hydrogens (tertiary/aromatic N) is 3. The first-order valence-corrected chi connectivity index (χ1v) is 9.19. The molecule has 4 aromatic heterocycles. The maximum atomic E-state index is 12.7. The van der Waals surface area contributed by atoms with Crippen molar-refractivity contribution in [2.24, 2.45) is 0 Å². The van der Waals surface area contributed by atoms with Crippen molar-refractivity contribution in [1.29, 1.82) is 0 Å². The monoisotopic (exact) mass is 403 g/mol. The van der Waals surface area contributed by atoms with E-state index in [0.29, 0.717) is 44.5 Å². The maximum absolute atomic E-state index is 12.7. The Morgan fingerprint density at radius 2 is 1.86 bits per heavy atom. The van der Waals surface area contributed by atoms with E-state index in [9.17, 15) is 4.79 Å². The van der Waals surface area contributed by atoms with Crippen LogP contribution in [-0.4, -0.2) is 32.0 Å². The molecule has 0 spiro atoms. The Kier molecular flexibility index (Phi) is 4.03. The van der Waals surface area contributed by atoms with E-state index < -0.39 is 0 Å². The van der Waals surface area contributed by atoms with Gasteiger partial charge in [0.25, 0.3) is 5.56 Å². The van der Waals surface area contributed by atoms with E-state index in [1.807, 2.05) is 24.3 Å². The molecule has 0 saturated carbocycles. The fourth-order valence-corrected chi connectivity index (χ4v) is 3.52. The lowest BCUT2D eigenvalue weighted by atomic mass is 10.0. The molecular formula is C21H14ClN5O2. The number of hydrogen-bond donors (Lipinski definition) is 2. The zero-order valence-electron chi connectivity index (χ0n) is 15.2. The molecular weight excluding hydrogens is 390 g/mol. The van der Waals surface area contributed by atoms with Crippen molar-refractivity contribution in [3.63, 3.8) is 0 Å². The molecule has 0 saturated heterocycles. The molecule has 4 heterocycles. The number of imidazole rings is 1. The standard InChI is InChI=1S/C21H14ClN5O2/c1-29-17-5-3-2-4-11(17)19-12-8-13(21(28)27-14(12)6-7-23-19)20-25-15-9-18(22)24-10-16(15)26-20/h2-10H,1H3,(H,25,26)(H,27,28). The van der Waals surface area contributed by atoms with Gasteiger partial charge in [0.1, 0.15) is 16.7 Å². The van der Waals surface area contributed by atoms with Crippen LogP contribution < -0.4 is 10.3 Å². The molecule has 0 aliphatic carbocycles. The maximum Gasteiger partial charge on any atom is 0.259 e. The van der Waals surface area contributed by atoms with E-state index in [0.717, 1.165) is 10.9 Å². The lowest BCUT2D eigenvalue weighted by molar-refractivity contribution is 0.416. The van der Waals surface area contributed by atoms with Crippen molar-refractivity contribution in [3.8, 4) is 28.4 Å². The minimum atomic E-state index is -0.257. The molecule has 0 atom stereocenters. The number of pyridine rings is 3. The summed E-state index contributed by atoms with van der Waals surface area (Å²) in [5.74, 6) is 1.13. The van der Waals surface area contributed by atoms with Gasteiger partial charge in [0.2, 0.25) is 0 Å². The topological polar surface area (TPSA) is 96.6 Å². The van der Waals surface area contributed by atoms with Crippen LogP contribution >= 0.6 is 11.6 Å². The lowest BCUT2D eigenvalue weighted by Crippen LogP contribution is -2.10. The first-order valence-electron chi connectivity index (χ1n) is 8.81. The van der Waals surface area contributed by atoms with Crippen molar-refractivity contribution >= 4 is 33.5 Å². The van der Waals surface area contributed by atoms with E-state index in [1.54, 1.807) is 37.7 Å². The smallest absolute Gasteiger partial charge is 0.259 e. The molecule has 0 aliphatic heterocycles. The number of benzene rings is 1.